The quantitative estimate of drug-likeness (QED) is 0.670. The van der Waals surface area contributed by atoms with Crippen molar-refractivity contribution in [1.29, 1.82) is 0 Å². The summed E-state index contributed by atoms with van der Waals surface area (Å²) in [7, 11) is 0. The number of aromatic nitrogens is 2. The summed E-state index contributed by atoms with van der Waals surface area (Å²) in [6.45, 7) is 0.239. The Balaban J connectivity index is 1.56. The molecule has 1 heterocycles. The molecule has 0 aliphatic rings. The third-order valence-corrected chi connectivity index (χ3v) is 3.77. The molecule has 23 heavy (non-hydrogen) atoms. The van der Waals surface area contributed by atoms with Crippen LogP contribution >= 0.6 is 11.6 Å². The molecule has 5 heteroatoms. The Bertz CT molecular complexity index is 783. The van der Waals surface area contributed by atoms with Crippen molar-refractivity contribution in [1.82, 2.24) is 9.78 Å². The van der Waals surface area contributed by atoms with Gasteiger partial charge in [-0.2, -0.15) is 5.10 Å². The number of halogens is 1. The predicted octanol–water partition coefficient (Wildman–Crippen LogP) is 3.81. The lowest BCUT2D eigenvalue weighted by molar-refractivity contribution is -0.144. The van der Waals surface area contributed by atoms with Crippen LogP contribution in [0.25, 0.3) is 5.69 Å². The first-order chi connectivity index (χ1) is 11.2. The van der Waals surface area contributed by atoms with Crippen molar-refractivity contribution in [3.05, 3.63) is 83.1 Å². The second-order valence-corrected chi connectivity index (χ2v) is 5.45. The highest BCUT2D eigenvalue weighted by atomic mass is 35.5. The third kappa shape index (κ3) is 3.99. The van der Waals surface area contributed by atoms with Crippen molar-refractivity contribution in [2.45, 2.75) is 13.0 Å². The van der Waals surface area contributed by atoms with Crippen LogP contribution in [0.15, 0.2) is 67.0 Å². The van der Waals surface area contributed by atoms with Gasteiger partial charge in [-0.3, -0.25) is 4.79 Å². The molecular weight excluding hydrogens is 312 g/mol. The molecule has 2 aromatic carbocycles. The Kier molecular flexibility index (Phi) is 4.74. The molecule has 0 amide bonds. The maximum atomic E-state index is 11.9. The predicted molar refractivity (Wildman–Crippen MR) is 88.5 cm³/mol. The van der Waals surface area contributed by atoms with Gasteiger partial charge in [0.15, 0.2) is 0 Å². The molecule has 3 rings (SSSR count). The SMILES string of the molecule is O=C(Cc1ccccc1Cl)OCc1ccc(-n2cccn2)cc1. The Labute approximate surface area is 139 Å². The zero-order valence-electron chi connectivity index (χ0n) is 12.4. The number of benzene rings is 2. The van der Waals surface area contributed by atoms with Crippen LogP contribution in [0, 0.1) is 0 Å². The van der Waals surface area contributed by atoms with E-state index in [1.165, 1.54) is 0 Å². The number of hydrogen-bond acceptors (Lipinski definition) is 3. The standard InChI is InChI=1S/C18H15ClN2O2/c19-17-5-2-1-4-15(17)12-18(22)23-13-14-6-8-16(9-7-14)21-11-3-10-20-21/h1-11H,12-13H2. The van der Waals surface area contributed by atoms with Crippen molar-refractivity contribution < 1.29 is 9.53 Å². The van der Waals surface area contributed by atoms with Gasteiger partial charge in [-0.05, 0) is 35.4 Å². The second-order valence-electron chi connectivity index (χ2n) is 5.05. The lowest BCUT2D eigenvalue weighted by atomic mass is 10.1. The second kappa shape index (κ2) is 7.11. The number of carbonyl (C=O) groups is 1. The zero-order chi connectivity index (χ0) is 16.1. The van der Waals surface area contributed by atoms with E-state index in [4.69, 9.17) is 16.3 Å². The summed E-state index contributed by atoms with van der Waals surface area (Å²) in [5.41, 5.74) is 2.66. The van der Waals surface area contributed by atoms with Crippen LogP contribution < -0.4 is 0 Å². The van der Waals surface area contributed by atoms with Crippen molar-refractivity contribution in [2.24, 2.45) is 0 Å². The Morgan fingerprint density at radius 2 is 1.87 bits per heavy atom. The molecule has 0 aliphatic carbocycles. The number of nitrogens with zero attached hydrogens (tertiary/aromatic N) is 2. The van der Waals surface area contributed by atoms with Crippen molar-refractivity contribution in [2.75, 3.05) is 0 Å². The molecule has 3 aromatic rings. The maximum absolute atomic E-state index is 11.9. The van der Waals surface area contributed by atoms with E-state index in [1.54, 1.807) is 16.9 Å². The first-order valence-electron chi connectivity index (χ1n) is 7.20. The van der Waals surface area contributed by atoms with E-state index in [-0.39, 0.29) is 19.0 Å². The fourth-order valence-corrected chi connectivity index (χ4v) is 2.38. The van der Waals surface area contributed by atoms with Gasteiger partial charge in [0.1, 0.15) is 6.61 Å². The van der Waals surface area contributed by atoms with E-state index in [0.29, 0.717) is 5.02 Å². The normalized spacial score (nSPS) is 10.5. The van der Waals surface area contributed by atoms with E-state index >= 15 is 0 Å². The molecule has 0 atom stereocenters. The molecule has 0 saturated carbocycles. The molecule has 0 fully saturated rings. The lowest BCUT2D eigenvalue weighted by Gasteiger charge is -2.07. The van der Waals surface area contributed by atoms with Gasteiger partial charge in [0, 0.05) is 17.4 Å². The van der Waals surface area contributed by atoms with Crippen LogP contribution in [-0.4, -0.2) is 15.7 Å². The topological polar surface area (TPSA) is 44.1 Å². The lowest BCUT2D eigenvalue weighted by Crippen LogP contribution is -2.08. The van der Waals surface area contributed by atoms with Crippen LogP contribution in [0.5, 0.6) is 0 Å². The van der Waals surface area contributed by atoms with Crippen LogP contribution in [-0.2, 0) is 22.6 Å². The fourth-order valence-electron chi connectivity index (χ4n) is 2.18. The van der Waals surface area contributed by atoms with Crippen molar-refractivity contribution >= 4 is 17.6 Å². The molecule has 116 valence electrons. The minimum atomic E-state index is -0.297. The molecule has 0 spiro atoms. The fraction of sp³-hybridized carbons (Fsp3) is 0.111. The maximum Gasteiger partial charge on any atom is 0.310 e. The average Bonchev–Trinajstić information content (AvgIpc) is 3.10. The highest BCUT2D eigenvalue weighted by molar-refractivity contribution is 6.31. The number of ether oxygens (including phenoxy) is 1. The summed E-state index contributed by atoms with van der Waals surface area (Å²) in [5, 5.41) is 4.74. The first-order valence-corrected chi connectivity index (χ1v) is 7.58. The Hall–Kier alpha value is -2.59. The summed E-state index contributed by atoms with van der Waals surface area (Å²) in [6.07, 6.45) is 3.77. The molecule has 0 N–H and O–H groups in total. The van der Waals surface area contributed by atoms with Gasteiger partial charge in [0.05, 0.1) is 12.1 Å². The molecule has 0 radical (unpaired) electrons. The van der Waals surface area contributed by atoms with E-state index < -0.39 is 0 Å². The summed E-state index contributed by atoms with van der Waals surface area (Å²) in [5.74, 6) is -0.297. The third-order valence-electron chi connectivity index (χ3n) is 3.40. The molecule has 0 saturated heterocycles. The average molecular weight is 327 g/mol. The molecule has 0 bridgehead atoms. The van der Waals surface area contributed by atoms with Crippen LogP contribution in [0.1, 0.15) is 11.1 Å². The Morgan fingerprint density at radius 3 is 2.57 bits per heavy atom. The highest BCUT2D eigenvalue weighted by Crippen LogP contribution is 2.16. The van der Waals surface area contributed by atoms with E-state index in [0.717, 1.165) is 16.8 Å². The molecule has 4 nitrogen and oxygen atoms in total. The molecular formula is C18H15ClN2O2. The van der Waals surface area contributed by atoms with Gasteiger partial charge in [-0.1, -0.05) is 41.9 Å². The van der Waals surface area contributed by atoms with Gasteiger partial charge in [-0.25, -0.2) is 4.68 Å². The first kappa shape index (κ1) is 15.3. The highest BCUT2D eigenvalue weighted by Gasteiger charge is 2.08. The number of hydrogen-bond donors (Lipinski definition) is 0. The number of esters is 1. The van der Waals surface area contributed by atoms with Gasteiger partial charge in [0.2, 0.25) is 0 Å². The van der Waals surface area contributed by atoms with Gasteiger partial charge in [-0.15, -0.1) is 0 Å². The number of rotatable bonds is 5. The largest absolute Gasteiger partial charge is 0.461 e. The smallest absolute Gasteiger partial charge is 0.310 e. The summed E-state index contributed by atoms with van der Waals surface area (Å²) in [6, 6.07) is 16.8. The summed E-state index contributed by atoms with van der Waals surface area (Å²) in [4.78, 5) is 11.9. The molecule has 0 aliphatic heterocycles. The van der Waals surface area contributed by atoms with Gasteiger partial charge >= 0.3 is 5.97 Å². The van der Waals surface area contributed by atoms with E-state index in [1.807, 2.05) is 54.7 Å². The summed E-state index contributed by atoms with van der Waals surface area (Å²) < 4.78 is 7.07. The zero-order valence-corrected chi connectivity index (χ0v) is 13.1. The molecule has 0 unspecified atom stereocenters. The van der Waals surface area contributed by atoms with E-state index in [2.05, 4.69) is 5.10 Å². The monoisotopic (exact) mass is 326 g/mol. The van der Waals surface area contributed by atoms with Gasteiger partial charge in [0.25, 0.3) is 0 Å². The molecule has 1 aromatic heterocycles. The van der Waals surface area contributed by atoms with Crippen molar-refractivity contribution in [3.63, 3.8) is 0 Å². The van der Waals surface area contributed by atoms with E-state index in [9.17, 15) is 4.79 Å². The minimum absolute atomic E-state index is 0.172. The van der Waals surface area contributed by atoms with Crippen LogP contribution in [0.2, 0.25) is 5.02 Å². The minimum Gasteiger partial charge on any atom is -0.461 e. The van der Waals surface area contributed by atoms with Crippen molar-refractivity contribution in [3.8, 4) is 5.69 Å². The number of carbonyl (C=O) groups excluding carboxylic acids is 1. The Morgan fingerprint density at radius 1 is 1.09 bits per heavy atom. The van der Waals surface area contributed by atoms with Crippen LogP contribution in [0.3, 0.4) is 0 Å². The van der Waals surface area contributed by atoms with Gasteiger partial charge < -0.3 is 4.74 Å². The van der Waals surface area contributed by atoms with Crippen LogP contribution in [0.4, 0.5) is 0 Å². The summed E-state index contributed by atoms with van der Waals surface area (Å²) >= 11 is 6.04.